The number of halogens is 1. The molecule has 1 rings (SSSR count). The van der Waals surface area contributed by atoms with Crippen LogP contribution >= 0.6 is 34.1 Å². The molecule has 1 unspecified atom stereocenters. The van der Waals surface area contributed by atoms with Crippen molar-refractivity contribution in [1.29, 1.82) is 0 Å². The molecule has 1 heterocycles. The van der Waals surface area contributed by atoms with Gasteiger partial charge in [-0.2, -0.15) is 4.37 Å². The van der Waals surface area contributed by atoms with Gasteiger partial charge in [-0.25, -0.2) is 0 Å². The maximum atomic E-state index is 4.51. The lowest BCUT2D eigenvalue weighted by Crippen LogP contribution is -2.23. The Balaban J connectivity index is 3.00. The summed E-state index contributed by atoms with van der Waals surface area (Å²) in [4.78, 5) is 0. The first-order valence-corrected chi connectivity index (χ1v) is 8.02. The van der Waals surface area contributed by atoms with Gasteiger partial charge < -0.3 is 0 Å². The van der Waals surface area contributed by atoms with E-state index in [0.717, 1.165) is 0 Å². The Bertz CT molecular complexity index is 315. The molecule has 0 aromatic carbocycles. The SMILES string of the molecule is CCCCC(C)(CCC)c1c(C)nsc1I. The zero-order chi connectivity index (χ0) is 12.2. The van der Waals surface area contributed by atoms with Crippen molar-refractivity contribution in [1.82, 2.24) is 4.37 Å². The molecule has 0 spiro atoms. The highest BCUT2D eigenvalue weighted by atomic mass is 127. The number of aromatic nitrogens is 1. The van der Waals surface area contributed by atoms with E-state index in [9.17, 15) is 0 Å². The molecule has 1 atom stereocenters. The zero-order valence-electron chi connectivity index (χ0n) is 10.8. The van der Waals surface area contributed by atoms with Crippen molar-refractivity contribution in [2.45, 2.75) is 65.2 Å². The highest BCUT2D eigenvalue weighted by Gasteiger charge is 2.30. The molecule has 3 heteroatoms. The molecule has 1 aromatic heterocycles. The molecule has 0 saturated heterocycles. The summed E-state index contributed by atoms with van der Waals surface area (Å²) < 4.78 is 5.90. The third-order valence-electron chi connectivity index (χ3n) is 3.31. The molecule has 0 radical (unpaired) electrons. The number of aryl methyl sites for hydroxylation is 1. The predicted octanol–water partition coefficient (Wildman–Crippen LogP) is 5.30. The van der Waals surface area contributed by atoms with Gasteiger partial charge in [0.05, 0.1) is 8.58 Å². The number of rotatable bonds is 6. The molecular weight excluding hydrogens is 329 g/mol. The Morgan fingerprint density at radius 2 is 1.94 bits per heavy atom. The Labute approximate surface area is 117 Å². The van der Waals surface area contributed by atoms with Gasteiger partial charge >= 0.3 is 0 Å². The first kappa shape index (κ1) is 14.4. The highest BCUT2D eigenvalue weighted by Crippen LogP contribution is 2.40. The molecule has 0 N–H and O–H groups in total. The summed E-state index contributed by atoms with van der Waals surface area (Å²) in [5.74, 6) is 0. The fraction of sp³-hybridized carbons (Fsp3) is 0.769. The second kappa shape index (κ2) is 6.34. The van der Waals surface area contributed by atoms with Crippen LogP contribution in [0.2, 0.25) is 0 Å². The van der Waals surface area contributed by atoms with Crippen LogP contribution in [0.5, 0.6) is 0 Å². The lowest BCUT2D eigenvalue weighted by molar-refractivity contribution is 0.380. The average Bonchev–Trinajstić information content (AvgIpc) is 2.56. The minimum Gasteiger partial charge on any atom is -0.197 e. The van der Waals surface area contributed by atoms with Crippen molar-refractivity contribution in [3.63, 3.8) is 0 Å². The van der Waals surface area contributed by atoms with Crippen LogP contribution in [-0.4, -0.2) is 4.37 Å². The van der Waals surface area contributed by atoms with Gasteiger partial charge in [-0.3, -0.25) is 0 Å². The molecular formula is C13H22INS. The van der Waals surface area contributed by atoms with Crippen LogP contribution in [0.15, 0.2) is 0 Å². The maximum Gasteiger partial charge on any atom is 0.0900 e. The van der Waals surface area contributed by atoms with E-state index in [2.05, 4.69) is 54.7 Å². The van der Waals surface area contributed by atoms with Gasteiger partial charge in [0.2, 0.25) is 0 Å². The minimum absolute atomic E-state index is 0.346. The fourth-order valence-corrected chi connectivity index (χ4v) is 4.64. The van der Waals surface area contributed by atoms with E-state index >= 15 is 0 Å². The summed E-state index contributed by atoms with van der Waals surface area (Å²) >= 11 is 4.11. The van der Waals surface area contributed by atoms with E-state index in [1.54, 1.807) is 11.5 Å². The van der Waals surface area contributed by atoms with Gasteiger partial charge in [-0.1, -0.05) is 40.0 Å². The molecule has 0 bridgehead atoms. The summed E-state index contributed by atoms with van der Waals surface area (Å²) in [6.45, 7) is 9.14. The van der Waals surface area contributed by atoms with Gasteiger partial charge in [-0.05, 0) is 59.3 Å². The van der Waals surface area contributed by atoms with Crippen LogP contribution in [0, 0.1) is 9.81 Å². The molecule has 0 fully saturated rings. The van der Waals surface area contributed by atoms with Crippen LogP contribution in [0.3, 0.4) is 0 Å². The summed E-state index contributed by atoms with van der Waals surface area (Å²) in [6, 6.07) is 0. The molecule has 0 aliphatic rings. The number of unbranched alkanes of at least 4 members (excludes halogenated alkanes) is 1. The summed E-state index contributed by atoms with van der Waals surface area (Å²) in [5, 5.41) is 0. The number of nitrogens with zero attached hydrogens (tertiary/aromatic N) is 1. The molecule has 0 aliphatic carbocycles. The quantitative estimate of drug-likeness (QED) is 0.634. The van der Waals surface area contributed by atoms with Crippen molar-refractivity contribution in [2.75, 3.05) is 0 Å². The van der Waals surface area contributed by atoms with Gasteiger partial charge in [0.25, 0.3) is 0 Å². The van der Waals surface area contributed by atoms with Crippen molar-refractivity contribution in [3.8, 4) is 0 Å². The first-order chi connectivity index (χ1) is 7.55. The smallest absolute Gasteiger partial charge is 0.0900 e. The second-order valence-corrected chi connectivity index (χ2v) is 7.42. The first-order valence-electron chi connectivity index (χ1n) is 6.17. The monoisotopic (exact) mass is 351 g/mol. The van der Waals surface area contributed by atoms with E-state index in [0.29, 0.717) is 5.41 Å². The Hall–Kier alpha value is 0.360. The minimum atomic E-state index is 0.346. The van der Waals surface area contributed by atoms with Crippen molar-refractivity contribution in [3.05, 3.63) is 14.1 Å². The van der Waals surface area contributed by atoms with Crippen molar-refractivity contribution < 1.29 is 0 Å². The molecule has 1 aromatic rings. The lowest BCUT2D eigenvalue weighted by Gasteiger charge is -2.30. The molecule has 0 saturated carbocycles. The third kappa shape index (κ3) is 3.19. The fourth-order valence-electron chi connectivity index (χ4n) is 2.51. The largest absolute Gasteiger partial charge is 0.197 e. The van der Waals surface area contributed by atoms with Crippen molar-refractivity contribution in [2.24, 2.45) is 0 Å². The van der Waals surface area contributed by atoms with Gasteiger partial charge in [0.1, 0.15) is 0 Å². The lowest BCUT2D eigenvalue weighted by atomic mass is 9.75. The van der Waals surface area contributed by atoms with E-state index in [1.807, 2.05) is 0 Å². The van der Waals surface area contributed by atoms with Crippen LogP contribution in [-0.2, 0) is 5.41 Å². The molecule has 1 nitrogen and oxygen atoms in total. The second-order valence-electron chi connectivity index (χ2n) is 4.83. The highest BCUT2D eigenvalue weighted by molar-refractivity contribution is 14.1. The Morgan fingerprint density at radius 1 is 1.25 bits per heavy atom. The van der Waals surface area contributed by atoms with Gasteiger partial charge in [-0.15, -0.1) is 0 Å². The molecule has 16 heavy (non-hydrogen) atoms. The maximum absolute atomic E-state index is 4.51. The number of hydrogen-bond donors (Lipinski definition) is 0. The summed E-state index contributed by atoms with van der Waals surface area (Å²) in [7, 11) is 0. The van der Waals surface area contributed by atoms with E-state index in [1.165, 1.54) is 46.2 Å². The average molecular weight is 351 g/mol. The van der Waals surface area contributed by atoms with E-state index < -0.39 is 0 Å². The standard InChI is InChI=1S/C13H22INS/c1-5-7-9-13(4,8-6-2)11-10(3)15-16-12(11)14/h5-9H2,1-4H3. The normalized spacial score (nSPS) is 15.1. The van der Waals surface area contributed by atoms with Crippen LogP contribution in [0.25, 0.3) is 0 Å². The van der Waals surface area contributed by atoms with Crippen LogP contribution in [0.1, 0.15) is 64.1 Å². The van der Waals surface area contributed by atoms with Crippen LogP contribution < -0.4 is 0 Å². The van der Waals surface area contributed by atoms with E-state index in [4.69, 9.17) is 0 Å². The number of hydrogen-bond acceptors (Lipinski definition) is 2. The van der Waals surface area contributed by atoms with Crippen molar-refractivity contribution >= 4 is 34.1 Å². The van der Waals surface area contributed by atoms with E-state index in [-0.39, 0.29) is 0 Å². The molecule has 0 aliphatic heterocycles. The zero-order valence-corrected chi connectivity index (χ0v) is 13.7. The van der Waals surface area contributed by atoms with Crippen LogP contribution in [0.4, 0.5) is 0 Å². The molecule has 92 valence electrons. The Morgan fingerprint density at radius 3 is 2.38 bits per heavy atom. The summed E-state index contributed by atoms with van der Waals surface area (Å²) in [5.41, 5.74) is 3.12. The Kier molecular flexibility index (Phi) is 5.71. The predicted molar refractivity (Wildman–Crippen MR) is 81.4 cm³/mol. The van der Waals surface area contributed by atoms with Gasteiger partial charge in [0.15, 0.2) is 0 Å². The summed E-state index contributed by atoms with van der Waals surface area (Å²) in [6.07, 6.45) is 6.44. The molecule has 0 amide bonds. The third-order valence-corrected chi connectivity index (χ3v) is 5.17. The van der Waals surface area contributed by atoms with Gasteiger partial charge in [0, 0.05) is 5.56 Å². The topological polar surface area (TPSA) is 12.9 Å².